The summed E-state index contributed by atoms with van der Waals surface area (Å²) in [5, 5.41) is 8.61. The molecule has 0 aliphatic carbocycles. The molecule has 0 saturated heterocycles. The molecule has 2 atom stereocenters. The van der Waals surface area contributed by atoms with Gasteiger partial charge in [0.1, 0.15) is 0 Å². The van der Waals surface area contributed by atoms with Crippen LogP contribution in [0.15, 0.2) is 52.5 Å². The van der Waals surface area contributed by atoms with Crippen molar-refractivity contribution in [2.75, 3.05) is 5.32 Å². The Kier molecular flexibility index (Phi) is 7.63. The van der Waals surface area contributed by atoms with Crippen LogP contribution in [0.5, 0.6) is 0 Å². The van der Waals surface area contributed by atoms with E-state index < -0.39 is 15.3 Å². The number of hydrogen-bond acceptors (Lipinski definition) is 5. The Balaban J connectivity index is 1.87. The molecule has 0 saturated carbocycles. The van der Waals surface area contributed by atoms with E-state index in [0.29, 0.717) is 23.1 Å². The zero-order chi connectivity index (χ0) is 23.5. The standard InChI is InChI=1S/C23H30N4O3S2/c1-5-13-27-21-12-11-17(32(24,29)30)14-20(21)26-23(27)31-16(4)22(28)25-19-10-8-7-9-18(19)15(3)6-2/h7-12,14-16H,5-6,13H2,1-4H3,(H,25,28)(H2,24,29,30). The number of carbonyl (C=O) groups excluding carboxylic acids is 1. The smallest absolute Gasteiger partial charge is 0.238 e. The molecule has 2 unspecified atom stereocenters. The first kappa shape index (κ1) is 24.3. The number of hydrogen-bond donors (Lipinski definition) is 2. The lowest BCUT2D eigenvalue weighted by Gasteiger charge is -2.18. The summed E-state index contributed by atoms with van der Waals surface area (Å²) in [7, 11) is -3.81. The van der Waals surface area contributed by atoms with Gasteiger partial charge >= 0.3 is 0 Å². The monoisotopic (exact) mass is 474 g/mol. The average Bonchev–Trinajstić information content (AvgIpc) is 3.09. The molecule has 0 bridgehead atoms. The van der Waals surface area contributed by atoms with Crippen molar-refractivity contribution in [2.45, 2.75) is 68.3 Å². The Hall–Kier alpha value is -2.36. The van der Waals surface area contributed by atoms with Crippen LogP contribution in [0.2, 0.25) is 0 Å². The van der Waals surface area contributed by atoms with E-state index in [1.807, 2.05) is 35.8 Å². The lowest BCUT2D eigenvalue weighted by atomic mass is 9.97. The van der Waals surface area contributed by atoms with Crippen LogP contribution < -0.4 is 10.5 Å². The van der Waals surface area contributed by atoms with Crippen LogP contribution in [-0.4, -0.2) is 29.1 Å². The lowest BCUT2D eigenvalue weighted by Crippen LogP contribution is -2.23. The van der Waals surface area contributed by atoms with E-state index in [0.717, 1.165) is 29.6 Å². The lowest BCUT2D eigenvalue weighted by molar-refractivity contribution is -0.115. The normalized spacial score (nSPS) is 13.8. The molecule has 0 aliphatic heterocycles. The zero-order valence-electron chi connectivity index (χ0n) is 18.8. The zero-order valence-corrected chi connectivity index (χ0v) is 20.5. The van der Waals surface area contributed by atoms with Crippen LogP contribution in [0.3, 0.4) is 0 Å². The number of amides is 1. The SMILES string of the molecule is CCCn1c(SC(C)C(=O)Nc2ccccc2C(C)CC)nc2cc(S(N)(=O)=O)ccc21. The van der Waals surface area contributed by atoms with Crippen LogP contribution in [0.4, 0.5) is 5.69 Å². The summed E-state index contributed by atoms with van der Waals surface area (Å²) in [4.78, 5) is 17.6. The third-order valence-electron chi connectivity index (χ3n) is 5.47. The number of anilines is 1. The molecule has 2 aromatic carbocycles. The average molecular weight is 475 g/mol. The van der Waals surface area contributed by atoms with Gasteiger partial charge in [0.15, 0.2) is 5.16 Å². The molecular formula is C23H30N4O3S2. The molecule has 3 aromatic rings. The first-order chi connectivity index (χ1) is 15.2. The number of benzene rings is 2. The van der Waals surface area contributed by atoms with E-state index in [9.17, 15) is 13.2 Å². The number of imidazole rings is 1. The van der Waals surface area contributed by atoms with Gasteiger partial charge in [0.2, 0.25) is 15.9 Å². The van der Waals surface area contributed by atoms with E-state index in [1.54, 1.807) is 6.07 Å². The third-order valence-corrected chi connectivity index (χ3v) is 7.47. The van der Waals surface area contributed by atoms with Gasteiger partial charge in [-0.2, -0.15) is 0 Å². The Morgan fingerprint density at radius 3 is 2.56 bits per heavy atom. The van der Waals surface area contributed by atoms with Gasteiger partial charge in [-0.1, -0.05) is 50.7 Å². The Morgan fingerprint density at radius 2 is 1.91 bits per heavy atom. The summed E-state index contributed by atoms with van der Waals surface area (Å²) < 4.78 is 25.5. The number of nitrogens with two attached hydrogens (primary N) is 1. The maximum absolute atomic E-state index is 13.0. The molecule has 172 valence electrons. The first-order valence-corrected chi connectivity index (χ1v) is 13.2. The number of sulfonamides is 1. The summed E-state index contributed by atoms with van der Waals surface area (Å²) in [5.74, 6) is 0.238. The predicted octanol–water partition coefficient (Wildman–Crippen LogP) is 4.73. The van der Waals surface area contributed by atoms with Crippen molar-refractivity contribution in [3.05, 3.63) is 48.0 Å². The number of rotatable bonds is 9. The summed E-state index contributed by atoms with van der Waals surface area (Å²) in [5.41, 5.74) is 3.31. The van der Waals surface area contributed by atoms with Crippen molar-refractivity contribution in [1.29, 1.82) is 0 Å². The predicted molar refractivity (Wildman–Crippen MR) is 130 cm³/mol. The molecule has 1 aromatic heterocycles. The second-order valence-corrected chi connectivity index (χ2v) is 10.8. The number of para-hydroxylation sites is 1. The third kappa shape index (κ3) is 5.33. The highest BCUT2D eigenvalue weighted by Gasteiger charge is 2.21. The number of aryl methyl sites for hydroxylation is 1. The number of nitrogens with one attached hydrogen (secondary N) is 1. The number of thioether (sulfide) groups is 1. The number of primary sulfonamides is 1. The molecule has 1 amide bonds. The molecule has 1 heterocycles. The van der Waals surface area contributed by atoms with Crippen LogP contribution in [-0.2, 0) is 21.4 Å². The molecule has 0 aliphatic rings. The maximum atomic E-state index is 13.0. The van der Waals surface area contributed by atoms with Gasteiger partial charge < -0.3 is 9.88 Å². The second-order valence-electron chi connectivity index (χ2n) is 7.89. The molecule has 0 spiro atoms. The molecule has 9 heteroatoms. The number of carbonyl (C=O) groups is 1. The summed E-state index contributed by atoms with van der Waals surface area (Å²) in [6, 6.07) is 12.6. The molecule has 3 N–H and O–H groups in total. The van der Waals surface area contributed by atoms with E-state index >= 15 is 0 Å². The largest absolute Gasteiger partial charge is 0.325 e. The Bertz CT molecular complexity index is 1220. The van der Waals surface area contributed by atoms with E-state index in [4.69, 9.17) is 5.14 Å². The minimum Gasteiger partial charge on any atom is -0.325 e. The van der Waals surface area contributed by atoms with Crippen LogP contribution in [0.1, 0.15) is 52.0 Å². The summed E-state index contributed by atoms with van der Waals surface area (Å²) >= 11 is 1.36. The van der Waals surface area contributed by atoms with Crippen molar-refractivity contribution in [3.8, 4) is 0 Å². The van der Waals surface area contributed by atoms with Gasteiger partial charge in [-0.15, -0.1) is 0 Å². The van der Waals surface area contributed by atoms with Gasteiger partial charge in [-0.3, -0.25) is 4.79 Å². The quantitative estimate of drug-likeness (QED) is 0.436. The van der Waals surface area contributed by atoms with Gasteiger partial charge in [0.25, 0.3) is 0 Å². The molecule has 3 rings (SSSR count). The fourth-order valence-corrected chi connectivity index (χ4v) is 4.98. The van der Waals surface area contributed by atoms with Gasteiger partial charge in [-0.05, 0) is 55.5 Å². The minimum absolute atomic E-state index is 0.0233. The van der Waals surface area contributed by atoms with E-state index in [2.05, 4.69) is 31.1 Å². The van der Waals surface area contributed by atoms with Gasteiger partial charge in [0.05, 0.1) is 21.2 Å². The number of fused-ring (bicyclic) bond motifs is 1. The van der Waals surface area contributed by atoms with Crippen molar-refractivity contribution >= 4 is 44.4 Å². The summed E-state index contributed by atoms with van der Waals surface area (Å²) in [6.45, 7) is 8.88. The number of aromatic nitrogens is 2. The minimum atomic E-state index is -3.81. The van der Waals surface area contributed by atoms with Crippen molar-refractivity contribution in [1.82, 2.24) is 9.55 Å². The highest BCUT2D eigenvalue weighted by molar-refractivity contribution is 8.00. The van der Waals surface area contributed by atoms with Gasteiger partial charge in [0, 0.05) is 12.2 Å². The fourth-order valence-electron chi connectivity index (χ4n) is 3.50. The maximum Gasteiger partial charge on any atom is 0.238 e. The number of nitrogens with zero attached hydrogens (tertiary/aromatic N) is 2. The highest BCUT2D eigenvalue weighted by atomic mass is 32.2. The van der Waals surface area contributed by atoms with Crippen LogP contribution in [0.25, 0.3) is 11.0 Å². The second kappa shape index (κ2) is 10.1. The van der Waals surface area contributed by atoms with Crippen molar-refractivity contribution in [2.24, 2.45) is 5.14 Å². The Labute approximate surface area is 193 Å². The molecule has 32 heavy (non-hydrogen) atoms. The molecule has 0 fully saturated rings. The molecule has 0 radical (unpaired) electrons. The fraction of sp³-hybridized carbons (Fsp3) is 0.391. The van der Waals surface area contributed by atoms with Gasteiger partial charge in [-0.25, -0.2) is 18.5 Å². The topological polar surface area (TPSA) is 107 Å². The molecule has 7 nitrogen and oxygen atoms in total. The summed E-state index contributed by atoms with van der Waals surface area (Å²) in [6.07, 6.45) is 1.86. The van der Waals surface area contributed by atoms with Crippen molar-refractivity contribution < 1.29 is 13.2 Å². The van der Waals surface area contributed by atoms with Crippen LogP contribution in [0, 0.1) is 0 Å². The van der Waals surface area contributed by atoms with Crippen molar-refractivity contribution in [3.63, 3.8) is 0 Å². The first-order valence-electron chi connectivity index (χ1n) is 10.7. The van der Waals surface area contributed by atoms with E-state index in [1.165, 1.54) is 23.9 Å². The van der Waals surface area contributed by atoms with Crippen LogP contribution >= 0.6 is 11.8 Å². The molecular weight excluding hydrogens is 444 g/mol. The highest BCUT2D eigenvalue weighted by Crippen LogP contribution is 2.31. The Morgan fingerprint density at radius 1 is 1.19 bits per heavy atom. The van der Waals surface area contributed by atoms with E-state index in [-0.39, 0.29) is 10.8 Å².